The Morgan fingerprint density at radius 1 is 1.06 bits per heavy atom. The standard InChI is InChI=1S/C14H10BNO2/c1-17-14-8-13(5-2-10(14)9-16)18-12-6-3-11(15)4-7-12/h2-8H,1H3. The van der Waals surface area contributed by atoms with Crippen molar-refractivity contribution in [3.05, 3.63) is 48.0 Å². The van der Waals surface area contributed by atoms with Crippen molar-refractivity contribution in [1.29, 1.82) is 5.26 Å². The van der Waals surface area contributed by atoms with Crippen molar-refractivity contribution in [3.63, 3.8) is 0 Å². The first-order valence-electron chi connectivity index (χ1n) is 5.34. The van der Waals surface area contributed by atoms with E-state index < -0.39 is 0 Å². The summed E-state index contributed by atoms with van der Waals surface area (Å²) in [4.78, 5) is 0. The molecule has 0 fully saturated rings. The Labute approximate surface area is 107 Å². The van der Waals surface area contributed by atoms with Gasteiger partial charge in [0.25, 0.3) is 0 Å². The third-order valence-electron chi connectivity index (χ3n) is 2.41. The molecule has 0 heterocycles. The van der Waals surface area contributed by atoms with Crippen LogP contribution < -0.4 is 14.9 Å². The predicted octanol–water partition coefficient (Wildman–Crippen LogP) is 2.15. The molecule has 86 valence electrons. The molecule has 2 rings (SSSR count). The fraction of sp³-hybridized carbons (Fsp3) is 0.0714. The van der Waals surface area contributed by atoms with Gasteiger partial charge in [0.2, 0.25) is 0 Å². The van der Waals surface area contributed by atoms with E-state index in [4.69, 9.17) is 22.6 Å². The lowest BCUT2D eigenvalue weighted by Gasteiger charge is -2.08. The van der Waals surface area contributed by atoms with E-state index in [2.05, 4.69) is 0 Å². The fourth-order valence-electron chi connectivity index (χ4n) is 1.50. The number of benzene rings is 2. The van der Waals surface area contributed by atoms with Crippen LogP contribution in [0.15, 0.2) is 42.5 Å². The highest BCUT2D eigenvalue weighted by molar-refractivity contribution is 6.32. The van der Waals surface area contributed by atoms with Gasteiger partial charge in [0, 0.05) is 6.07 Å². The molecular formula is C14H10BNO2. The van der Waals surface area contributed by atoms with E-state index >= 15 is 0 Å². The summed E-state index contributed by atoms with van der Waals surface area (Å²) in [6.07, 6.45) is 0. The van der Waals surface area contributed by atoms with Gasteiger partial charge in [-0.15, -0.1) is 0 Å². The molecule has 0 saturated heterocycles. The lowest BCUT2D eigenvalue weighted by Crippen LogP contribution is -1.99. The summed E-state index contributed by atoms with van der Waals surface area (Å²) in [6.45, 7) is 0. The highest BCUT2D eigenvalue weighted by Crippen LogP contribution is 2.27. The maximum Gasteiger partial charge on any atom is 0.140 e. The van der Waals surface area contributed by atoms with E-state index in [1.54, 1.807) is 42.5 Å². The topological polar surface area (TPSA) is 42.2 Å². The zero-order chi connectivity index (χ0) is 13.0. The first kappa shape index (κ1) is 12.1. The Bertz CT molecular complexity index is 588. The van der Waals surface area contributed by atoms with Crippen LogP contribution >= 0.6 is 0 Å². The summed E-state index contributed by atoms with van der Waals surface area (Å²) >= 11 is 0. The molecule has 0 saturated carbocycles. The molecule has 0 amide bonds. The summed E-state index contributed by atoms with van der Waals surface area (Å²) in [7, 11) is 7.11. The van der Waals surface area contributed by atoms with Gasteiger partial charge < -0.3 is 9.47 Å². The molecule has 0 aliphatic carbocycles. The van der Waals surface area contributed by atoms with Gasteiger partial charge in [0.05, 0.1) is 12.7 Å². The van der Waals surface area contributed by atoms with Gasteiger partial charge in [-0.1, -0.05) is 17.6 Å². The molecular weight excluding hydrogens is 225 g/mol. The van der Waals surface area contributed by atoms with E-state index in [1.807, 2.05) is 6.07 Å². The highest BCUT2D eigenvalue weighted by atomic mass is 16.5. The highest BCUT2D eigenvalue weighted by Gasteiger charge is 2.05. The molecule has 0 unspecified atom stereocenters. The second-order valence-electron chi connectivity index (χ2n) is 3.64. The molecule has 0 N–H and O–H groups in total. The quantitative estimate of drug-likeness (QED) is 0.765. The molecule has 0 aliphatic rings. The summed E-state index contributed by atoms with van der Waals surface area (Å²) < 4.78 is 10.7. The molecule has 3 nitrogen and oxygen atoms in total. The molecule has 0 bridgehead atoms. The first-order valence-corrected chi connectivity index (χ1v) is 5.34. The molecule has 2 aromatic rings. The minimum atomic E-state index is 0.474. The van der Waals surface area contributed by atoms with Gasteiger partial charge in [-0.05, 0) is 24.3 Å². The third-order valence-corrected chi connectivity index (χ3v) is 2.41. The molecule has 0 atom stereocenters. The van der Waals surface area contributed by atoms with Gasteiger partial charge in [0.15, 0.2) is 0 Å². The molecule has 0 spiro atoms. The third kappa shape index (κ3) is 2.64. The SMILES string of the molecule is [B]c1ccc(Oc2ccc(C#N)c(OC)c2)cc1. The molecule has 0 aliphatic heterocycles. The largest absolute Gasteiger partial charge is 0.495 e. The van der Waals surface area contributed by atoms with Crippen LogP contribution in [0.4, 0.5) is 0 Å². The van der Waals surface area contributed by atoms with Crippen LogP contribution in [0.25, 0.3) is 0 Å². The van der Waals surface area contributed by atoms with Crippen molar-refractivity contribution in [2.45, 2.75) is 0 Å². The number of rotatable bonds is 3. The summed E-state index contributed by atoms with van der Waals surface area (Å²) in [5.74, 6) is 1.78. The number of hydrogen-bond donors (Lipinski definition) is 0. The van der Waals surface area contributed by atoms with Crippen molar-refractivity contribution in [2.24, 2.45) is 0 Å². The Kier molecular flexibility index (Phi) is 3.54. The van der Waals surface area contributed by atoms with Gasteiger partial charge >= 0.3 is 0 Å². The zero-order valence-electron chi connectivity index (χ0n) is 9.88. The Morgan fingerprint density at radius 2 is 1.72 bits per heavy atom. The lowest BCUT2D eigenvalue weighted by molar-refractivity contribution is 0.407. The molecule has 4 heteroatoms. The van der Waals surface area contributed by atoms with E-state index in [9.17, 15) is 0 Å². The van der Waals surface area contributed by atoms with Crippen LogP contribution in [-0.2, 0) is 0 Å². The average molecular weight is 235 g/mol. The van der Waals surface area contributed by atoms with Crippen molar-refractivity contribution in [1.82, 2.24) is 0 Å². The van der Waals surface area contributed by atoms with Crippen molar-refractivity contribution in [2.75, 3.05) is 7.11 Å². The second-order valence-corrected chi connectivity index (χ2v) is 3.64. The van der Waals surface area contributed by atoms with Crippen LogP contribution in [-0.4, -0.2) is 15.0 Å². The van der Waals surface area contributed by atoms with Crippen LogP contribution in [0.1, 0.15) is 5.56 Å². The van der Waals surface area contributed by atoms with E-state index in [0.29, 0.717) is 28.3 Å². The average Bonchev–Trinajstić information content (AvgIpc) is 2.41. The van der Waals surface area contributed by atoms with Gasteiger partial charge in [-0.2, -0.15) is 5.26 Å². The number of hydrogen-bond acceptors (Lipinski definition) is 3. The van der Waals surface area contributed by atoms with Gasteiger partial charge in [0.1, 0.15) is 31.2 Å². The fourth-order valence-corrected chi connectivity index (χ4v) is 1.50. The molecule has 0 aromatic heterocycles. The minimum absolute atomic E-state index is 0.474. The van der Waals surface area contributed by atoms with Crippen LogP contribution in [0.3, 0.4) is 0 Å². The predicted molar refractivity (Wildman–Crippen MR) is 69.6 cm³/mol. The number of nitriles is 1. The number of ether oxygens (including phenoxy) is 2. The summed E-state index contributed by atoms with van der Waals surface area (Å²) in [5.41, 5.74) is 1.15. The van der Waals surface area contributed by atoms with E-state index in [-0.39, 0.29) is 0 Å². The minimum Gasteiger partial charge on any atom is -0.495 e. The monoisotopic (exact) mass is 235 g/mol. The molecule has 2 aromatic carbocycles. The van der Waals surface area contributed by atoms with Gasteiger partial charge in [-0.3, -0.25) is 0 Å². The first-order chi connectivity index (χ1) is 8.72. The van der Waals surface area contributed by atoms with Crippen molar-refractivity contribution >= 4 is 13.3 Å². The van der Waals surface area contributed by atoms with Gasteiger partial charge in [-0.25, -0.2) is 0 Å². The second kappa shape index (κ2) is 5.28. The van der Waals surface area contributed by atoms with Crippen LogP contribution in [0, 0.1) is 11.3 Å². The molecule has 18 heavy (non-hydrogen) atoms. The van der Waals surface area contributed by atoms with Crippen molar-refractivity contribution < 1.29 is 9.47 Å². The molecule has 2 radical (unpaired) electrons. The summed E-state index contributed by atoms with van der Waals surface area (Å²) in [5, 5.41) is 8.88. The number of nitrogens with zero attached hydrogens (tertiary/aromatic N) is 1. The van der Waals surface area contributed by atoms with Crippen LogP contribution in [0.2, 0.25) is 0 Å². The lowest BCUT2D eigenvalue weighted by atomic mass is 9.97. The smallest absolute Gasteiger partial charge is 0.140 e. The number of methoxy groups -OCH3 is 1. The van der Waals surface area contributed by atoms with E-state index in [1.165, 1.54) is 7.11 Å². The Hall–Kier alpha value is -2.41. The zero-order valence-corrected chi connectivity index (χ0v) is 9.88. The van der Waals surface area contributed by atoms with E-state index in [0.717, 1.165) is 0 Å². The van der Waals surface area contributed by atoms with Crippen LogP contribution in [0.5, 0.6) is 17.2 Å². The van der Waals surface area contributed by atoms with Crippen molar-refractivity contribution in [3.8, 4) is 23.3 Å². The normalized spacial score (nSPS) is 9.56. The summed E-state index contributed by atoms with van der Waals surface area (Å²) in [6, 6.07) is 14.2. The Balaban J connectivity index is 2.25. The maximum absolute atomic E-state index is 8.88. The Morgan fingerprint density at radius 3 is 2.33 bits per heavy atom. The maximum atomic E-state index is 8.88.